The van der Waals surface area contributed by atoms with Gasteiger partial charge in [0, 0.05) is 12.2 Å². The molecule has 1 heterocycles. The van der Waals surface area contributed by atoms with E-state index in [1.54, 1.807) is 12.1 Å². The van der Waals surface area contributed by atoms with Gasteiger partial charge in [-0.05, 0) is 43.0 Å². The Morgan fingerprint density at radius 3 is 2.72 bits per heavy atom. The van der Waals surface area contributed by atoms with Crippen LogP contribution in [-0.4, -0.2) is 30.4 Å². The zero-order valence-electron chi connectivity index (χ0n) is 10.3. The quantitative estimate of drug-likeness (QED) is 0.610. The Bertz CT molecular complexity index is 474. The lowest BCUT2D eigenvalue weighted by Crippen LogP contribution is -2.19. The predicted molar refractivity (Wildman–Crippen MR) is 74.3 cm³/mol. The van der Waals surface area contributed by atoms with Gasteiger partial charge in [-0.25, -0.2) is 0 Å². The molecular weight excluding hydrogens is 248 g/mol. The normalized spacial score (nSPS) is 13.4. The van der Waals surface area contributed by atoms with Gasteiger partial charge in [-0.1, -0.05) is 0 Å². The van der Waals surface area contributed by atoms with Gasteiger partial charge in [0.2, 0.25) is 0 Å². The molecule has 1 aliphatic heterocycles. The number of hydrogen-bond acceptors (Lipinski definition) is 4. The zero-order valence-corrected chi connectivity index (χ0v) is 11.1. The summed E-state index contributed by atoms with van der Waals surface area (Å²) >= 11 is 1.85. The van der Waals surface area contributed by atoms with Crippen molar-refractivity contribution in [3.8, 4) is 0 Å². The Balaban J connectivity index is 1.93. The van der Waals surface area contributed by atoms with E-state index in [0.29, 0.717) is 11.1 Å². The predicted octanol–water partition coefficient (Wildman–Crippen LogP) is 2.13. The number of amides is 2. The summed E-state index contributed by atoms with van der Waals surface area (Å²) in [6.07, 6.45) is 4.38. The van der Waals surface area contributed by atoms with E-state index in [-0.39, 0.29) is 11.8 Å². The average molecular weight is 264 g/mol. The number of rotatable bonds is 6. The van der Waals surface area contributed by atoms with Crippen molar-refractivity contribution < 1.29 is 9.59 Å². The van der Waals surface area contributed by atoms with Crippen LogP contribution in [0.25, 0.3) is 0 Å². The lowest BCUT2D eigenvalue weighted by atomic mass is 10.1. The molecule has 0 atom stereocenters. The fourth-order valence-electron chi connectivity index (χ4n) is 1.88. The summed E-state index contributed by atoms with van der Waals surface area (Å²) in [4.78, 5) is 22.8. The molecule has 2 rings (SSSR count). The standard InChI is InChI=1S/C13H16N2O2S/c1-18-7-3-2-6-14-9-4-5-10-11(8-9)13(17)15-12(10)16/h4-5,8,14H,2-3,6-7H2,1H3,(H,15,16,17). The minimum atomic E-state index is -0.305. The van der Waals surface area contributed by atoms with Gasteiger partial charge < -0.3 is 5.32 Å². The van der Waals surface area contributed by atoms with Crippen molar-refractivity contribution in [2.75, 3.05) is 23.9 Å². The first-order valence-corrected chi connectivity index (χ1v) is 7.34. The molecule has 0 saturated carbocycles. The van der Waals surface area contributed by atoms with Gasteiger partial charge in [0.25, 0.3) is 11.8 Å². The van der Waals surface area contributed by atoms with E-state index in [4.69, 9.17) is 0 Å². The molecule has 0 aliphatic carbocycles. The highest BCUT2D eigenvalue weighted by Gasteiger charge is 2.26. The largest absolute Gasteiger partial charge is 0.385 e. The maximum Gasteiger partial charge on any atom is 0.259 e. The molecule has 1 aliphatic rings. The molecule has 2 amide bonds. The molecule has 5 heteroatoms. The van der Waals surface area contributed by atoms with Crippen LogP contribution in [0.2, 0.25) is 0 Å². The molecule has 0 saturated heterocycles. The zero-order chi connectivity index (χ0) is 13.0. The minimum absolute atomic E-state index is 0.304. The second-order valence-electron chi connectivity index (χ2n) is 4.17. The number of fused-ring (bicyclic) bond motifs is 1. The van der Waals surface area contributed by atoms with Gasteiger partial charge in [-0.15, -0.1) is 0 Å². The SMILES string of the molecule is CSCCCCNc1ccc2c(c1)C(=O)NC2=O. The number of nitrogens with one attached hydrogen (secondary N) is 2. The third kappa shape index (κ3) is 2.85. The molecule has 18 heavy (non-hydrogen) atoms. The fraction of sp³-hybridized carbons (Fsp3) is 0.385. The van der Waals surface area contributed by atoms with Crippen LogP contribution in [0.5, 0.6) is 0 Å². The lowest BCUT2D eigenvalue weighted by Gasteiger charge is -2.06. The van der Waals surface area contributed by atoms with E-state index in [0.717, 1.165) is 18.7 Å². The van der Waals surface area contributed by atoms with Crippen LogP contribution >= 0.6 is 11.8 Å². The van der Waals surface area contributed by atoms with Gasteiger partial charge >= 0.3 is 0 Å². The molecule has 0 aromatic heterocycles. The summed E-state index contributed by atoms with van der Waals surface area (Å²) in [5.41, 5.74) is 1.82. The molecule has 96 valence electrons. The molecule has 1 aromatic rings. The number of imide groups is 1. The van der Waals surface area contributed by atoms with Crippen LogP contribution in [0.3, 0.4) is 0 Å². The maximum atomic E-state index is 11.5. The van der Waals surface area contributed by atoms with Gasteiger partial charge in [0.05, 0.1) is 11.1 Å². The molecule has 0 radical (unpaired) electrons. The summed E-state index contributed by atoms with van der Waals surface area (Å²) in [6, 6.07) is 5.27. The van der Waals surface area contributed by atoms with Crippen LogP contribution in [0.1, 0.15) is 33.6 Å². The third-order valence-corrected chi connectivity index (χ3v) is 3.54. The Hall–Kier alpha value is -1.49. The van der Waals surface area contributed by atoms with E-state index < -0.39 is 0 Å². The minimum Gasteiger partial charge on any atom is -0.385 e. The number of unbranched alkanes of at least 4 members (excludes halogenated alkanes) is 1. The van der Waals surface area contributed by atoms with Crippen molar-refractivity contribution >= 4 is 29.3 Å². The van der Waals surface area contributed by atoms with Crippen molar-refractivity contribution in [1.82, 2.24) is 5.32 Å². The topological polar surface area (TPSA) is 58.2 Å². The van der Waals surface area contributed by atoms with Gasteiger partial charge in [-0.2, -0.15) is 11.8 Å². The average Bonchev–Trinajstić information content (AvgIpc) is 2.65. The van der Waals surface area contributed by atoms with Gasteiger partial charge in [0.15, 0.2) is 0 Å². The Morgan fingerprint density at radius 1 is 1.17 bits per heavy atom. The number of benzene rings is 1. The van der Waals surface area contributed by atoms with Crippen LogP contribution in [-0.2, 0) is 0 Å². The van der Waals surface area contributed by atoms with Crippen LogP contribution in [0, 0.1) is 0 Å². The van der Waals surface area contributed by atoms with Crippen molar-refractivity contribution in [2.45, 2.75) is 12.8 Å². The van der Waals surface area contributed by atoms with Crippen molar-refractivity contribution in [3.63, 3.8) is 0 Å². The lowest BCUT2D eigenvalue weighted by molar-refractivity contribution is 0.0879. The number of hydrogen-bond donors (Lipinski definition) is 2. The van der Waals surface area contributed by atoms with E-state index in [1.165, 1.54) is 12.2 Å². The van der Waals surface area contributed by atoms with Crippen molar-refractivity contribution in [1.29, 1.82) is 0 Å². The molecule has 2 N–H and O–H groups in total. The summed E-state index contributed by atoms with van der Waals surface area (Å²) in [6.45, 7) is 0.884. The van der Waals surface area contributed by atoms with E-state index in [2.05, 4.69) is 16.9 Å². The van der Waals surface area contributed by atoms with Crippen LogP contribution < -0.4 is 10.6 Å². The summed E-state index contributed by atoms with van der Waals surface area (Å²) in [5, 5.41) is 5.55. The van der Waals surface area contributed by atoms with E-state index in [9.17, 15) is 9.59 Å². The molecule has 0 fully saturated rings. The molecule has 4 nitrogen and oxygen atoms in total. The number of anilines is 1. The Morgan fingerprint density at radius 2 is 1.94 bits per heavy atom. The summed E-state index contributed by atoms with van der Waals surface area (Å²) in [5.74, 6) is 0.561. The van der Waals surface area contributed by atoms with Crippen molar-refractivity contribution in [3.05, 3.63) is 29.3 Å². The highest BCUT2D eigenvalue weighted by Crippen LogP contribution is 2.20. The highest BCUT2D eigenvalue weighted by atomic mass is 32.2. The molecule has 0 unspecified atom stereocenters. The van der Waals surface area contributed by atoms with E-state index in [1.807, 2.05) is 17.8 Å². The monoisotopic (exact) mass is 264 g/mol. The first-order chi connectivity index (χ1) is 8.72. The van der Waals surface area contributed by atoms with Gasteiger partial charge in [0.1, 0.15) is 0 Å². The number of thioether (sulfide) groups is 1. The molecule has 1 aromatic carbocycles. The van der Waals surface area contributed by atoms with Crippen molar-refractivity contribution in [2.24, 2.45) is 0 Å². The molecule has 0 spiro atoms. The second-order valence-corrected chi connectivity index (χ2v) is 5.16. The fourth-order valence-corrected chi connectivity index (χ4v) is 2.37. The second kappa shape index (κ2) is 5.91. The van der Waals surface area contributed by atoms with Gasteiger partial charge in [-0.3, -0.25) is 14.9 Å². The summed E-state index contributed by atoms with van der Waals surface area (Å²) in [7, 11) is 0. The van der Waals surface area contributed by atoms with Crippen LogP contribution in [0.15, 0.2) is 18.2 Å². The van der Waals surface area contributed by atoms with E-state index >= 15 is 0 Å². The number of carbonyl (C=O) groups is 2. The first-order valence-electron chi connectivity index (χ1n) is 5.95. The Labute approximate surface area is 111 Å². The number of carbonyl (C=O) groups excluding carboxylic acids is 2. The molecular formula is C13H16N2O2S. The highest BCUT2D eigenvalue weighted by molar-refractivity contribution is 7.98. The third-order valence-electron chi connectivity index (χ3n) is 2.84. The molecule has 0 bridgehead atoms. The first kappa shape index (κ1) is 13.0. The maximum absolute atomic E-state index is 11.5. The summed E-state index contributed by atoms with van der Waals surface area (Å²) < 4.78 is 0. The Kier molecular flexibility index (Phi) is 4.25. The van der Waals surface area contributed by atoms with Crippen LogP contribution in [0.4, 0.5) is 5.69 Å². The smallest absolute Gasteiger partial charge is 0.259 e.